The minimum Gasteiger partial charge on any atom is -0.367 e. The molecule has 0 bridgehead atoms. The molecule has 0 unspecified atom stereocenters. The summed E-state index contributed by atoms with van der Waals surface area (Å²) in [4.78, 5) is 14.4. The number of hydrogen-bond acceptors (Lipinski definition) is 4. The summed E-state index contributed by atoms with van der Waals surface area (Å²) in [6.45, 7) is 1.71. The van der Waals surface area contributed by atoms with E-state index in [9.17, 15) is 4.39 Å². The number of fused-ring (bicyclic) bond motifs is 1. The highest BCUT2D eigenvalue weighted by atomic mass is 19.1. The second-order valence-electron chi connectivity index (χ2n) is 6.99. The number of nitrogens with one attached hydrogen (secondary N) is 2. The Labute approximate surface area is 163 Å². The number of anilines is 1. The minimum atomic E-state index is -0.245. The number of H-pyrrole nitrogens is 1. The zero-order valence-corrected chi connectivity index (χ0v) is 15.9. The van der Waals surface area contributed by atoms with Crippen LogP contribution in [0.4, 0.5) is 10.2 Å². The molecule has 4 aromatic rings. The summed E-state index contributed by atoms with van der Waals surface area (Å²) in [5.41, 5.74) is 4.56. The Kier molecular flexibility index (Phi) is 5.04. The summed E-state index contributed by atoms with van der Waals surface area (Å²) in [6, 6.07) is 12.7. The molecule has 0 atom stereocenters. The van der Waals surface area contributed by atoms with Crippen LogP contribution >= 0.6 is 0 Å². The van der Waals surface area contributed by atoms with Crippen LogP contribution in [-0.2, 0) is 0 Å². The molecule has 0 fully saturated rings. The standard InChI is InChI=1S/C22H22FN5/c1-28(2)9-8-25-22-14-24-13-21(27-22)16-6-7-20-18(11-16)19(12-26-20)15-4-3-5-17(23)10-15/h3-7,10-14,26H,8-9H2,1-2H3,(H,25,27). The van der Waals surface area contributed by atoms with Crippen molar-refractivity contribution >= 4 is 16.7 Å². The molecule has 2 heterocycles. The van der Waals surface area contributed by atoms with Crippen LogP contribution in [-0.4, -0.2) is 47.0 Å². The molecule has 2 aromatic carbocycles. The Morgan fingerprint density at radius 3 is 2.79 bits per heavy atom. The molecule has 0 aliphatic rings. The molecule has 0 spiro atoms. The van der Waals surface area contributed by atoms with Gasteiger partial charge in [-0.2, -0.15) is 0 Å². The van der Waals surface area contributed by atoms with Gasteiger partial charge in [-0.15, -0.1) is 0 Å². The third-order valence-corrected chi connectivity index (χ3v) is 4.61. The fourth-order valence-corrected chi connectivity index (χ4v) is 3.17. The maximum atomic E-state index is 13.7. The summed E-state index contributed by atoms with van der Waals surface area (Å²) in [5, 5.41) is 4.32. The molecule has 4 rings (SSSR count). The van der Waals surface area contributed by atoms with Gasteiger partial charge in [-0.1, -0.05) is 18.2 Å². The van der Waals surface area contributed by atoms with Crippen LogP contribution in [0, 0.1) is 5.82 Å². The van der Waals surface area contributed by atoms with Gasteiger partial charge in [0.1, 0.15) is 11.6 Å². The number of likely N-dealkylation sites (N-methyl/N-ethyl adjacent to an activating group) is 1. The molecule has 0 saturated carbocycles. The molecule has 0 aliphatic heterocycles. The van der Waals surface area contributed by atoms with Crippen molar-refractivity contribution in [3.05, 3.63) is 66.9 Å². The summed E-state index contributed by atoms with van der Waals surface area (Å²) in [6.07, 6.45) is 5.40. The van der Waals surface area contributed by atoms with E-state index in [-0.39, 0.29) is 5.82 Å². The van der Waals surface area contributed by atoms with Crippen LogP contribution in [0.1, 0.15) is 0 Å². The molecule has 5 nitrogen and oxygen atoms in total. The van der Waals surface area contributed by atoms with E-state index in [0.29, 0.717) is 0 Å². The first-order valence-electron chi connectivity index (χ1n) is 9.18. The lowest BCUT2D eigenvalue weighted by Gasteiger charge is -2.11. The molecule has 0 amide bonds. The van der Waals surface area contributed by atoms with Gasteiger partial charge >= 0.3 is 0 Å². The summed E-state index contributed by atoms with van der Waals surface area (Å²) >= 11 is 0. The smallest absolute Gasteiger partial charge is 0.145 e. The molecule has 2 aromatic heterocycles. The number of rotatable bonds is 6. The van der Waals surface area contributed by atoms with Gasteiger partial charge < -0.3 is 15.2 Å². The van der Waals surface area contributed by atoms with Gasteiger partial charge in [0.25, 0.3) is 0 Å². The van der Waals surface area contributed by atoms with Crippen molar-refractivity contribution in [3.63, 3.8) is 0 Å². The molecule has 6 heteroatoms. The van der Waals surface area contributed by atoms with Gasteiger partial charge in [0.15, 0.2) is 0 Å². The lowest BCUT2D eigenvalue weighted by Crippen LogP contribution is -2.21. The SMILES string of the molecule is CN(C)CCNc1cncc(-c2ccc3[nH]cc(-c4cccc(F)c4)c3c2)n1. The van der Waals surface area contributed by atoms with E-state index in [1.165, 1.54) is 6.07 Å². The molecule has 28 heavy (non-hydrogen) atoms. The van der Waals surface area contributed by atoms with Gasteiger partial charge in [0.2, 0.25) is 0 Å². The van der Waals surface area contributed by atoms with Crippen LogP contribution < -0.4 is 5.32 Å². The maximum Gasteiger partial charge on any atom is 0.145 e. The van der Waals surface area contributed by atoms with Crippen LogP contribution in [0.2, 0.25) is 0 Å². The Morgan fingerprint density at radius 2 is 1.96 bits per heavy atom. The fourth-order valence-electron chi connectivity index (χ4n) is 3.17. The van der Waals surface area contributed by atoms with E-state index >= 15 is 0 Å². The topological polar surface area (TPSA) is 56.8 Å². The van der Waals surface area contributed by atoms with E-state index in [0.717, 1.165) is 52.2 Å². The Morgan fingerprint density at radius 1 is 1.07 bits per heavy atom. The van der Waals surface area contributed by atoms with Crippen molar-refractivity contribution in [2.45, 2.75) is 0 Å². The van der Waals surface area contributed by atoms with Crippen molar-refractivity contribution in [1.29, 1.82) is 0 Å². The van der Waals surface area contributed by atoms with Crippen LogP contribution in [0.5, 0.6) is 0 Å². The highest BCUT2D eigenvalue weighted by molar-refractivity contribution is 5.97. The largest absolute Gasteiger partial charge is 0.367 e. The monoisotopic (exact) mass is 375 g/mol. The maximum absolute atomic E-state index is 13.7. The number of aromatic nitrogens is 3. The lowest BCUT2D eigenvalue weighted by molar-refractivity contribution is 0.425. The van der Waals surface area contributed by atoms with E-state index < -0.39 is 0 Å². The first kappa shape index (κ1) is 18.1. The van der Waals surface area contributed by atoms with E-state index in [2.05, 4.69) is 31.2 Å². The molecule has 0 saturated heterocycles. The summed E-state index contributed by atoms with van der Waals surface area (Å²) in [5.74, 6) is 0.504. The highest BCUT2D eigenvalue weighted by Crippen LogP contribution is 2.32. The van der Waals surface area contributed by atoms with E-state index in [1.54, 1.807) is 24.5 Å². The predicted molar refractivity (Wildman–Crippen MR) is 112 cm³/mol. The Balaban J connectivity index is 1.67. The average Bonchev–Trinajstić information content (AvgIpc) is 3.11. The van der Waals surface area contributed by atoms with E-state index in [4.69, 9.17) is 0 Å². The molecule has 142 valence electrons. The van der Waals surface area contributed by atoms with Gasteiger partial charge in [0.05, 0.1) is 18.1 Å². The van der Waals surface area contributed by atoms with Crippen LogP contribution in [0.15, 0.2) is 61.1 Å². The van der Waals surface area contributed by atoms with Crippen molar-refractivity contribution < 1.29 is 4.39 Å². The molecular formula is C22H22FN5. The number of halogens is 1. The van der Waals surface area contributed by atoms with Gasteiger partial charge in [-0.05, 0) is 43.9 Å². The summed E-state index contributed by atoms with van der Waals surface area (Å²) < 4.78 is 13.7. The average molecular weight is 375 g/mol. The summed E-state index contributed by atoms with van der Waals surface area (Å²) in [7, 11) is 4.07. The predicted octanol–water partition coefficient (Wildman–Crippen LogP) is 4.40. The highest BCUT2D eigenvalue weighted by Gasteiger charge is 2.10. The van der Waals surface area contributed by atoms with Crippen LogP contribution in [0.25, 0.3) is 33.3 Å². The third kappa shape index (κ3) is 3.87. The lowest BCUT2D eigenvalue weighted by atomic mass is 10.0. The zero-order valence-electron chi connectivity index (χ0n) is 15.9. The first-order chi connectivity index (χ1) is 13.6. The molecular weight excluding hydrogens is 353 g/mol. The van der Waals surface area contributed by atoms with Gasteiger partial charge in [-0.3, -0.25) is 4.98 Å². The van der Waals surface area contributed by atoms with Crippen molar-refractivity contribution in [2.24, 2.45) is 0 Å². The number of hydrogen-bond donors (Lipinski definition) is 2. The van der Waals surface area contributed by atoms with Crippen molar-refractivity contribution in [2.75, 3.05) is 32.5 Å². The second kappa shape index (κ2) is 7.78. The normalized spacial score (nSPS) is 11.3. The van der Waals surface area contributed by atoms with Crippen molar-refractivity contribution in [3.8, 4) is 22.4 Å². The Bertz CT molecular complexity index is 1100. The number of aromatic amines is 1. The number of benzene rings is 2. The fraction of sp³-hybridized carbons (Fsp3) is 0.182. The van der Waals surface area contributed by atoms with Crippen molar-refractivity contribution in [1.82, 2.24) is 19.9 Å². The molecule has 2 N–H and O–H groups in total. The van der Waals surface area contributed by atoms with E-state index in [1.807, 2.05) is 38.5 Å². The number of nitrogens with zero attached hydrogens (tertiary/aromatic N) is 3. The second-order valence-corrected chi connectivity index (χ2v) is 6.99. The van der Waals surface area contributed by atoms with Gasteiger partial charge in [-0.25, -0.2) is 9.37 Å². The minimum absolute atomic E-state index is 0.245. The van der Waals surface area contributed by atoms with Gasteiger partial charge in [0, 0.05) is 41.3 Å². The third-order valence-electron chi connectivity index (χ3n) is 4.61. The van der Waals surface area contributed by atoms with Crippen LogP contribution in [0.3, 0.4) is 0 Å². The zero-order chi connectivity index (χ0) is 19.5. The Hall–Kier alpha value is -3.25. The molecule has 0 radical (unpaired) electrons. The quantitative estimate of drug-likeness (QED) is 0.524. The first-order valence-corrected chi connectivity index (χ1v) is 9.18. The molecule has 0 aliphatic carbocycles.